The predicted octanol–water partition coefficient (Wildman–Crippen LogP) is 3.55. The molecule has 2 rings (SSSR count). The van der Waals surface area contributed by atoms with Crippen LogP contribution in [0.25, 0.3) is 0 Å². The largest absolute Gasteiger partial charge is 0.494 e. The zero-order chi connectivity index (χ0) is 15.4. The molecule has 0 saturated heterocycles. The molecule has 0 bridgehead atoms. The Bertz CT molecular complexity index is 628. The maximum absolute atomic E-state index is 14.6. The molecule has 1 N–H and O–H groups in total. The monoisotopic (exact) mass is 288 g/mol. The summed E-state index contributed by atoms with van der Waals surface area (Å²) in [7, 11) is 1.47. The van der Waals surface area contributed by atoms with Gasteiger partial charge in [0.1, 0.15) is 0 Å². The van der Waals surface area contributed by atoms with Crippen LogP contribution in [0, 0.1) is 19.7 Å². The molecule has 1 atom stereocenters. The highest BCUT2D eigenvalue weighted by Gasteiger charge is 2.22. The van der Waals surface area contributed by atoms with Gasteiger partial charge in [-0.15, -0.1) is 0 Å². The van der Waals surface area contributed by atoms with Crippen molar-refractivity contribution in [3.63, 3.8) is 0 Å². The van der Waals surface area contributed by atoms with Crippen molar-refractivity contribution in [2.75, 3.05) is 13.7 Å². The number of hydrogen-bond donors (Lipinski definition) is 1. The van der Waals surface area contributed by atoms with E-state index in [0.717, 1.165) is 23.4 Å². The van der Waals surface area contributed by atoms with Crippen LogP contribution < -0.4 is 10.1 Å². The summed E-state index contributed by atoms with van der Waals surface area (Å²) in [6.07, 6.45) is 1.81. The lowest BCUT2D eigenvalue weighted by molar-refractivity contribution is 0.381. The third kappa shape index (κ3) is 3.22. The number of nitrogens with one attached hydrogen (secondary N) is 1. The molecule has 0 radical (unpaired) electrons. The van der Waals surface area contributed by atoms with Gasteiger partial charge in [-0.25, -0.2) is 4.39 Å². The predicted molar refractivity (Wildman–Crippen MR) is 82.2 cm³/mol. The molecule has 112 valence electrons. The number of ether oxygens (including phenoxy) is 1. The van der Waals surface area contributed by atoms with Gasteiger partial charge in [0.05, 0.1) is 18.8 Å². The number of aromatic nitrogens is 1. The third-order valence-corrected chi connectivity index (χ3v) is 3.46. The lowest BCUT2D eigenvalue weighted by Gasteiger charge is -2.21. The Morgan fingerprint density at radius 2 is 2.10 bits per heavy atom. The third-order valence-electron chi connectivity index (χ3n) is 3.46. The van der Waals surface area contributed by atoms with Crippen molar-refractivity contribution in [3.05, 3.63) is 58.7 Å². The van der Waals surface area contributed by atoms with E-state index in [-0.39, 0.29) is 17.6 Å². The Morgan fingerprint density at radius 3 is 2.71 bits per heavy atom. The van der Waals surface area contributed by atoms with Crippen molar-refractivity contribution in [3.8, 4) is 5.75 Å². The van der Waals surface area contributed by atoms with E-state index < -0.39 is 0 Å². The smallest absolute Gasteiger partial charge is 0.170 e. The summed E-state index contributed by atoms with van der Waals surface area (Å²) < 4.78 is 19.6. The lowest BCUT2D eigenvalue weighted by Crippen LogP contribution is -2.25. The molecule has 1 aromatic heterocycles. The van der Waals surface area contributed by atoms with E-state index in [1.54, 1.807) is 18.2 Å². The van der Waals surface area contributed by atoms with Crippen molar-refractivity contribution in [1.82, 2.24) is 10.3 Å². The topological polar surface area (TPSA) is 34.1 Å². The first-order valence-corrected chi connectivity index (χ1v) is 7.07. The quantitative estimate of drug-likeness (QED) is 0.913. The first-order chi connectivity index (χ1) is 10.1. The molecule has 21 heavy (non-hydrogen) atoms. The van der Waals surface area contributed by atoms with Gasteiger partial charge in [0, 0.05) is 11.8 Å². The molecule has 2 aromatic rings. The first-order valence-electron chi connectivity index (χ1n) is 7.07. The normalized spacial score (nSPS) is 12.2. The molecule has 0 amide bonds. The van der Waals surface area contributed by atoms with Crippen molar-refractivity contribution in [1.29, 1.82) is 0 Å². The minimum atomic E-state index is -0.340. The number of halogens is 1. The van der Waals surface area contributed by atoms with Crippen LogP contribution in [0.3, 0.4) is 0 Å². The summed E-state index contributed by atoms with van der Waals surface area (Å²) >= 11 is 0. The van der Waals surface area contributed by atoms with Crippen LogP contribution in [0.5, 0.6) is 5.75 Å². The van der Waals surface area contributed by atoms with E-state index >= 15 is 0 Å². The number of aryl methyl sites for hydroxylation is 2. The molecule has 0 spiro atoms. The van der Waals surface area contributed by atoms with E-state index in [2.05, 4.69) is 16.4 Å². The minimum Gasteiger partial charge on any atom is -0.494 e. The number of rotatable bonds is 5. The molecule has 0 aliphatic rings. The Kier molecular flexibility index (Phi) is 4.91. The summed E-state index contributed by atoms with van der Waals surface area (Å²) in [5.41, 5.74) is 3.53. The molecular formula is C17H21FN2O. The number of nitrogens with zero attached hydrogens (tertiary/aromatic N) is 1. The second-order valence-corrected chi connectivity index (χ2v) is 5.07. The summed E-state index contributed by atoms with van der Waals surface area (Å²) in [6, 6.07) is 6.96. The Labute approximate surface area is 125 Å². The summed E-state index contributed by atoms with van der Waals surface area (Å²) in [5.74, 6) is -0.0899. The number of benzene rings is 1. The van der Waals surface area contributed by atoms with Crippen molar-refractivity contribution < 1.29 is 9.13 Å². The van der Waals surface area contributed by atoms with Crippen LogP contribution in [-0.4, -0.2) is 18.6 Å². The summed E-state index contributed by atoms with van der Waals surface area (Å²) in [6.45, 7) is 6.71. The van der Waals surface area contributed by atoms with Crippen LogP contribution in [0.4, 0.5) is 4.39 Å². The van der Waals surface area contributed by atoms with E-state index in [1.807, 2.05) is 27.0 Å². The molecule has 0 saturated carbocycles. The SMILES string of the molecule is CCNC(c1cccc(OC)c1F)c1ncc(C)cc1C. The van der Waals surface area contributed by atoms with Gasteiger partial charge in [0.15, 0.2) is 11.6 Å². The van der Waals surface area contributed by atoms with Gasteiger partial charge in [-0.05, 0) is 37.6 Å². The van der Waals surface area contributed by atoms with Gasteiger partial charge in [-0.3, -0.25) is 4.98 Å². The molecular weight excluding hydrogens is 267 g/mol. The molecule has 1 unspecified atom stereocenters. The van der Waals surface area contributed by atoms with Crippen LogP contribution in [-0.2, 0) is 0 Å². The van der Waals surface area contributed by atoms with Crippen LogP contribution in [0.2, 0.25) is 0 Å². The molecule has 1 heterocycles. The molecule has 0 fully saturated rings. The van der Waals surface area contributed by atoms with Gasteiger partial charge in [-0.1, -0.05) is 25.1 Å². The fourth-order valence-corrected chi connectivity index (χ4v) is 2.49. The molecule has 3 nitrogen and oxygen atoms in total. The standard InChI is InChI=1S/C17H21FN2O/c1-5-19-17(16-12(3)9-11(2)10-20-16)13-7-6-8-14(21-4)15(13)18/h6-10,17,19H,5H2,1-4H3. The van der Waals surface area contributed by atoms with E-state index in [1.165, 1.54) is 7.11 Å². The maximum atomic E-state index is 14.6. The van der Waals surface area contributed by atoms with Crippen LogP contribution >= 0.6 is 0 Å². The molecule has 4 heteroatoms. The molecule has 0 aliphatic heterocycles. The van der Waals surface area contributed by atoms with Gasteiger partial charge >= 0.3 is 0 Å². The van der Waals surface area contributed by atoms with Gasteiger partial charge in [-0.2, -0.15) is 0 Å². The lowest BCUT2D eigenvalue weighted by atomic mass is 9.98. The first kappa shape index (κ1) is 15.4. The zero-order valence-electron chi connectivity index (χ0n) is 12.9. The van der Waals surface area contributed by atoms with Gasteiger partial charge < -0.3 is 10.1 Å². The Hall–Kier alpha value is -1.94. The number of pyridine rings is 1. The average molecular weight is 288 g/mol. The van der Waals surface area contributed by atoms with Crippen molar-refractivity contribution >= 4 is 0 Å². The van der Waals surface area contributed by atoms with Crippen LogP contribution in [0.15, 0.2) is 30.5 Å². The van der Waals surface area contributed by atoms with E-state index in [0.29, 0.717) is 5.56 Å². The number of hydrogen-bond acceptors (Lipinski definition) is 3. The van der Waals surface area contributed by atoms with Gasteiger partial charge in [0.2, 0.25) is 0 Å². The number of methoxy groups -OCH3 is 1. The fraction of sp³-hybridized carbons (Fsp3) is 0.353. The molecule has 0 aliphatic carbocycles. The zero-order valence-corrected chi connectivity index (χ0v) is 12.9. The van der Waals surface area contributed by atoms with Crippen molar-refractivity contribution in [2.45, 2.75) is 26.8 Å². The second-order valence-electron chi connectivity index (χ2n) is 5.07. The van der Waals surface area contributed by atoms with E-state index in [9.17, 15) is 4.39 Å². The minimum absolute atomic E-state index is 0.250. The highest BCUT2D eigenvalue weighted by molar-refractivity contribution is 5.39. The maximum Gasteiger partial charge on any atom is 0.170 e. The summed E-state index contributed by atoms with van der Waals surface area (Å²) in [5, 5.41) is 3.31. The average Bonchev–Trinajstić information content (AvgIpc) is 2.46. The second kappa shape index (κ2) is 6.68. The Morgan fingerprint density at radius 1 is 1.33 bits per heavy atom. The highest BCUT2D eigenvalue weighted by atomic mass is 19.1. The van der Waals surface area contributed by atoms with Crippen molar-refractivity contribution in [2.24, 2.45) is 0 Å². The highest BCUT2D eigenvalue weighted by Crippen LogP contribution is 2.30. The van der Waals surface area contributed by atoms with E-state index in [4.69, 9.17) is 4.74 Å². The fourth-order valence-electron chi connectivity index (χ4n) is 2.49. The Balaban J connectivity index is 2.53. The van der Waals surface area contributed by atoms with Crippen LogP contribution in [0.1, 0.15) is 35.3 Å². The molecule has 1 aromatic carbocycles. The van der Waals surface area contributed by atoms with Gasteiger partial charge in [0.25, 0.3) is 0 Å². The summed E-state index contributed by atoms with van der Waals surface area (Å²) in [4.78, 5) is 4.50.